The van der Waals surface area contributed by atoms with Crippen molar-refractivity contribution in [2.24, 2.45) is 0 Å². The SMILES string of the molecule is CC(=O)NCc1ccc(-c2nc(C(C)(C)NS(C)(=O)=O)no2)cc1. The van der Waals surface area contributed by atoms with Crippen LogP contribution < -0.4 is 10.0 Å². The number of nitrogens with one attached hydrogen (secondary N) is 2. The number of aromatic nitrogens is 2. The quantitative estimate of drug-likeness (QED) is 0.806. The predicted molar refractivity (Wildman–Crippen MR) is 88.3 cm³/mol. The fourth-order valence-corrected chi connectivity index (χ4v) is 3.11. The molecule has 1 amide bonds. The van der Waals surface area contributed by atoms with E-state index in [2.05, 4.69) is 20.2 Å². The first-order valence-electron chi connectivity index (χ1n) is 7.24. The van der Waals surface area contributed by atoms with E-state index >= 15 is 0 Å². The minimum absolute atomic E-state index is 0.0961. The van der Waals surface area contributed by atoms with Crippen molar-refractivity contribution in [1.29, 1.82) is 0 Å². The fraction of sp³-hybridized carbons (Fsp3) is 0.400. The highest BCUT2D eigenvalue weighted by molar-refractivity contribution is 7.88. The average Bonchev–Trinajstić information content (AvgIpc) is 2.94. The number of benzene rings is 1. The Labute approximate surface area is 140 Å². The molecule has 9 heteroatoms. The molecule has 0 fully saturated rings. The van der Waals surface area contributed by atoms with Crippen molar-refractivity contribution in [3.63, 3.8) is 0 Å². The maximum absolute atomic E-state index is 11.4. The highest BCUT2D eigenvalue weighted by atomic mass is 32.2. The lowest BCUT2D eigenvalue weighted by molar-refractivity contribution is -0.119. The van der Waals surface area contributed by atoms with Crippen LogP contribution in [-0.2, 0) is 26.9 Å². The number of rotatable bonds is 6. The maximum Gasteiger partial charge on any atom is 0.257 e. The van der Waals surface area contributed by atoms with Crippen molar-refractivity contribution in [2.45, 2.75) is 32.9 Å². The van der Waals surface area contributed by atoms with Gasteiger partial charge in [-0.05, 0) is 31.5 Å². The summed E-state index contributed by atoms with van der Waals surface area (Å²) in [4.78, 5) is 15.2. The highest BCUT2D eigenvalue weighted by Gasteiger charge is 2.30. The predicted octanol–water partition coefficient (Wildman–Crippen LogP) is 1.16. The van der Waals surface area contributed by atoms with Crippen molar-refractivity contribution in [2.75, 3.05) is 6.26 Å². The Morgan fingerprint density at radius 1 is 1.25 bits per heavy atom. The Balaban J connectivity index is 2.17. The Bertz CT molecular complexity index is 825. The van der Waals surface area contributed by atoms with Gasteiger partial charge in [-0.2, -0.15) is 4.98 Å². The number of hydrogen-bond acceptors (Lipinski definition) is 6. The zero-order chi connectivity index (χ0) is 18.0. The van der Waals surface area contributed by atoms with Crippen LogP contribution in [0.2, 0.25) is 0 Å². The van der Waals surface area contributed by atoms with Gasteiger partial charge in [-0.25, -0.2) is 13.1 Å². The van der Waals surface area contributed by atoms with E-state index in [1.54, 1.807) is 26.0 Å². The zero-order valence-electron chi connectivity index (χ0n) is 14.0. The molecule has 0 aliphatic heterocycles. The summed E-state index contributed by atoms with van der Waals surface area (Å²) in [6, 6.07) is 7.28. The number of carbonyl (C=O) groups is 1. The zero-order valence-corrected chi connectivity index (χ0v) is 14.8. The smallest absolute Gasteiger partial charge is 0.257 e. The Morgan fingerprint density at radius 2 is 1.88 bits per heavy atom. The van der Waals surface area contributed by atoms with Crippen LogP contribution in [0.25, 0.3) is 11.5 Å². The molecule has 0 saturated carbocycles. The number of amides is 1. The lowest BCUT2D eigenvalue weighted by atomic mass is 10.1. The van der Waals surface area contributed by atoms with Gasteiger partial charge in [0, 0.05) is 19.0 Å². The minimum Gasteiger partial charge on any atom is -0.352 e. The summed E-state index contributed by atoms with van der Waals surface area (Å²) in [5, 5.41) is 6.57. The molecule has 0 atom stereocenters. The largest absolute Gasteiger partial charge is 0.352 e. The fourth-order valence-electron chi connectivity index (χ4n) is 2.10. The molecule has 1 aromatic heterocycles. The van der Waals surface area contributed by atoms with E-state index in [-0.39, 0.29) is 11.7 Å². The van der Waals surface area contributed by atoms with E-state index in [9.17, 15) is 13.2 Å². The number of hydrogen-bond donors (Lipinski definition) is 2. The van der Waals surface area contributed by atoms with Gasteiger partial charge in [0.15, 0.2) is 5.82 Å². The van der Waals surface area contributed by atoms with E-state index in [0.29, 0.717) is 18.0 Å². The van der Waals surface area contributed by atoms with Crippen LogP contribution in [0.5, 0.6) is 0 Å². The molecule has 24 heavy (non-hydrogen) atoms. The molecule has 0 spiro atoms. The van der Waals surface area contributed by atoms with Crippen LogP contribution in [0.4, 0.5) is 0 Å². The first-order chi connectivity index (χ1) is 11.1. The molecule has 0 aliphatic rings. The van der Waals surface area contributed by atoms with Gasteiger partial charge in [-0.1, -0.05) is 17.3 Å². The number of nitrogens with zero attached hydrogens (tertiary/aromatic N) is 2. The van der Waals surface area contributed by atoms with Gasteiger partial charge in [0.2, 0.25) is 15.9 Å². The van der Waals surface area contributed by atoms with Crippen LogP contribution in [-0.4, -0.2) is 30.7 Å². The lowest BCUT2D eigenvalue weighted by Gasteiger charge is -2.20. The van der Waals surface area contributed by atoms with E-state index < -0.39 is 15.6 Å². The third-order valence-corrected chi connectivity index (χ3v) is 4.05. The van der Waals surface area contributed by atoms with Gasteiger partial charge in [-0.3, -0.25) is 4.79 Å². The van der Waals surface area contributed by atoms with Crippen LogP contribution in [0.1, 0.15) is 32.2 Å². The summed E-state index contributed by atoms with van der Waals surface area (Å²) in [6.45, 7) is 5.20. The van der Waals surface area contributed by atoms with Crippen LogP contribution >= 0.6 is 0 Å². The van der Waals surface area contributed by atoms with Crippen LogP contribution in [0.3, 0.4) is 0 Å². The summed E-state index contributed by atoms with van der Waals surface area (Å²) >= 11 is 0. The Hall–Kier alpha value is -2.26. The van der Waals surface area contributed by atoms with Crippen molar-refractivity contribution in [3.8, 4) is 11.5 Å². The van der Waals surface area contributed by atoms with E-state index in [4.69, 9.17) is 4.52 Å². The molecule has 1 aromatic carbocycles. The van der Waals surface area contributed by atoms with Gasteiger partial charge >= 0.3 is 0 Å². The summed E-state index contributed by atoms with van der Waals surface area (Å²) in [6.07, 6.45) is 1.07. The number of carbonyl (C=O) groups excluding carboxylic acids is 1. The first-order valence-corrected chi connectivity index (χ1v) is 9.13. The molecule has 0 radical (unpaired) electrons. The molecule has 0 unspecified atom stereocenters. The molecular weight excluding hydrogens is 332 g/mol. The molecule has 130 valence electrons. The highest BCUT2D eigenvalue weighted by Crippen LogP contribution is 2.23. The van der Waals surface area contributed by atoms with Crippen LogP contribution in [0.15, 0.2) is 28.8 Å². The van der Waals surface area contributed by atoms with Gasteiger partial charge < -0.3 is 9.84 Å². The Kier molecular flexibility index (Phi) is 5.05. The summed E-state index contributed by atoms with van der Waals surface area (Å²) in [5.74, 6) is 0.436. The third kappa shape index (κ3) is 4.87. The van der Waals surface area contributed by atoms with Gasteiger partial charge in [0.1, 0.15) is 0 Å². The summed E-state index contributed by atoms with van der Waals surface area (Å²) in [5.41, 5.74) is 0.656. The topological polar surface area (TPSA) is 114 Å². The monoisotopic (exact) mass is 352 g/mol. The molecular formula is C15H20N4O4S. The van der Waals surface area contributed by atoms with Crippen molar-refractivity contribution in [1.82, 2.24) is 20.2 Å². The second-order valence-corrected chi connectivity index (χ2v) is 7.78. The molecule has 0 bridgehead atoms. The molecule has 0 saturated heterocycles. The van der Waals surface area contributed by atoms with Crippen molar-refractivity contribution in [3.05, 3.63) is 35.7 Å². The Morgan fingerprint density at radius 3 is 2.42 bits per heavy atom. The molecule has 2 rings (SSSR count). The second-order valence-electron chi connectivity index (χ2n) is 6.03. The minimum atomic E-state index is -3.41. The normalized spacial score (nSPS) is 12.2. The first kappa shape index (κ1) is 18.1. The van der Waals surface area contributed by atoms with Gasteiger partial charge in [0.05, 0.1) is 11.8 Å². The molecule has 1 heterocycles. The van der Waals surface area contributed by atoms with Crippen molar-refractivity contribution < 1.29 is 17.7 Å². The second kappa shape index (κ2) is 6.70. The van der Waals surface area contributed by atoms with Crippen LogP contribution in [0, 0.1) is 0 Å². The van der Waals surface area contributed by atoms with E-state index in [1.807, 2.05) is 12.1 Å². The standard InChI is InChI=1S/C15H20N4O4S/c1-10(20)16-9-11-5-7-12(8-6-11)13-17-14(18-23-13)15(2,3)19-24(4,21)22/h5-8,19H,9H2,1-4H3,(H,16,20). The third-order valence-electron chi connectivity index (χ3n) is 3.17. The van der Waals surface area contributed by atoms with E-state index in [1.165, 1.54) is 6.92 Å². The molecule has 2 aromatic rings. The van der Waals surface area contributed by atoms with Gasteiger partial charge in [-0.15, -0.1) is 0 Å². The van der Waals surface area contributed by atoms with Gasteiger partial charge in [0.25, 0.3) is 5.89 Å². The molecule has 2 N–H and O–H groups in total. The maximum atomic E-state index is 11.4. The van der Waals surface area contributed by atoms with E-state index in [0.717, 1.165) is 11.8 Å². The average molecular weight is 352 g/mol. The molecule has 8 nitrogen and oxygen atoms in total. The molecule has 0 aliphatic carbocycles. The van der Waals surface area contributed by atoms with Crippen molar-refractivity contribution >= 4 is 15.9 Å². The summed E-state index contributed by atoms with van der Waals surface area (Å²) < 4.78 is 30.5. The number of sulfonamides is 1. The lowest BCUT2D eigenvalue weighted by Crippen LogP contribution is -2.41. The summed E-state index contributed by atoms with van der Waals surface area (Å²) in [7, 11) is -3.41.